The number of hydrogen-bond donors (Lipinski definition) is 3. The number of Topliss-reactive ketones (excluding diaryl/α,β-unsaturated/α-hetero) is 1. The monoisotopic (exact) mass is 1420 g/mol. The molecule has 18 nitrogen and oxygen atoms in total. The summed E-state index contributed by atoms with van der Waals surface area (Å²) >= 11 is 3.13. The predicted octanol–water partition coefficient (Wildman–Crippen LogP) is 15.0. The van der Waals surface area contributed by atoms with Crippen molar-refractivity contribution in [1.82, 2.24) is 5.01 Å². The smallest absolute Gasteiger partial charge is 0.451 e. The average molecular weight is 1420 g/mol. The van der Waals surface area contributed by atoms with Crippen LogP contribution in [0.2, 0.25) is 0 Å². The number of ketones is 1. The predicted molar refractivity (Wildman–Crippen MR) is 379 cm³/mol. The van der Waals surface area contributed by atoms with Gasteiger partial charge in [-0.05, 0) is 207 Å². The fraction of sp³-hybridized carbons (Fsp3) is 0.649. The minimum Gasteiger partial charge on any atom is -0.477 e. The topological polar surface area (TPSA) is 244 Å². The van der Waals surface area contributed by atoms with E-state index in [2.05, 4.69) is 56.3 Å². The van der Waals surface area contributed by atoms with Gasteiger partial charge in [0.1, 0.15) is 20.9 Å². The molecule has 2 saturated heterocycles. The highest BCUT2D eigenvalue weighted by Crippen LogP contribution is 2.40. The molecule has 8 rings (SSSR count). The van der Waals surface area contributed by atoms with Gasteiger partial charge in [0.15, 0.2) is 0 Å². The first-order valence-electron chi connectivity index (χ1n) is 34.0. The molecule has 98 heavy (non-hydrogen) atoms. The normalized spacial score (nSPS) is 20.7. The summed E-state index contributed by atoms with van der Waals surface area (Å²) < 4.78 is 54.5. The molecule has 0 radical (unpaired) electrons. The van der Waals surface area contributed by atoms with Crippen LogP contribution in [0.4, 0.5) is 30.2 Å². The number of alkyl halides is 3. The number of anilines is 3. The number of hydrazine groups is 2. The largest absolute Gasteiger partial charge is 0.477 e. The van der Waals surface area contributed by atoms with E-state index >= 15 is 0 Å². The summed E-state index contributed by atoms with van der Waals surface area (Å²) in [5, 5.41) is 24.0. The highest BCUT2D eigenvalue weighted by atomic mass is 32.1. The number of amides is 3. The number of ether oxygens (including phenoxy) is 3. The molecule has 0 bridgehead atoms. The van der Waals surface area contributed by atoms with Gasteiger partial charge in [0.2, 0.25) is 17.7 Å². The molecule has 24 heteroatoms. The van der Waals surface area contributed by atoms with Crippen molar-refractivity contribution in [2.24, 2.45) is 69.4 Å². The Morgan fingerprint density at radius 2 is 0.929 bits per heavy atom. The van der Waals surface area contributed by atoms with Crippen LogP contribution in [0, 0.1) is 99.1 Å². The zero-order chi connectivity index (χ0) is 73.0. The fourth-order valence-electron chi connectivity index (χ4n) is 11.6. The van der Waals surface area contributed by atoms with Crippen LogP contribution in [0.15, 0.2) is 18.2 Å². The van der Waals surface area contributed by atoms with Gasteiger partial charge in [-0.15, -0.1) is 34.0 Å². The van der Waals surface area contributed by atoms with Gasteiger partial charge in [0.25, 0.3) is 5.78 Å². The lowest BCUT2D eigenvalue weighted by Crippen LogP contribution is -2.50. The highest BCUT2D eigenvalue weighted by Gasteiger charge is 2.43. The van der Waals surface area contributed by atoms with Gasteiger partial charge in [0.05, 0.1) is 45.3 Å². The number of thiophene rings is 3. The van der Waals surface area contributed by atoms with Crippen molar-refractivity contribution < 1.29 is 76.0 Å². The van der Waals surface area contributed by atoms with Gasteiger partial charge >= 0.3 is 24.1 Å². The molecule has 0 spiro atoms. The Hall–Kier alpha value is -6.43. The summed E-state index contributed by atoms with van der Waals surface area (Å²) in [5.74, 6) is 20.2. The summed E-state index contributed by atoms with van der Waals surface area (Å²) in [7, 11) is 3.05. The van der Waals surface area contributed by atoms with Gasteiger partial charge < -0.3 is 34.1 Å². The molecule has 5 heterocycles. The summed E-state index contributed by atoms with van der Waals surface area (Å²) in [6, 6.07) is 4.79. The Bertz CT molecular complexity index is 3410. The van der Waals surface area contributed by atoms with E-state index in [9.17, 15) is 61.7 Å². The second-order valence-electron chi connectivity index (χ2n) is 29.6. The number of esters is 1. The average Bonchev–Trinajstić information content (AvgIpc) is 1.60. The third-order valence-corrected chi connectivity index (χ3v) is 20.5. The van der Waals surface area contributed by atoms with Gasteiger partial charge in [-0.3, -0.25) is 19.2 Å². The van der Waals surface area contributed by atoms with Crippen molar-refractivity contribution in [3.63, 3.8) is 0 Å². The number of halogens is 3. The number of carboxylic acids is 2. The molecule has 3 aromatic rings. The number of rotatable bonds is 15. The van der Waals surface area contributed by atoms with Crippen molar-refractivity contribution in [3.05, 3.63) is 47.5 Å². The molecule has 540 valence electrons. The molecule has 0 atom stereocenters. The molecular formula is C74H102F3N5O13S3. The lowest BCUT2D eigenvalue weighted by atomic mass is 9.82. The molecule has 3 aliphatic carbocycles. The van der Waals surface area contributed by atoms with E-state index in [0.29, 0.717) is 63.4 Å². The van der Waals surface area contributed by atoms with Crippen LogP contribution in [0.3, 0.4) is 0 Å². The molecule has 0 unspecified atom stereocenters. The minimum atomic E-state index is -5.10. The van der Waals surface area contributed by atoms with E-state index in [-0.39, 0.29) is 71.8 Å². The van der Waals surface area contributed by atoms with Crippen LogP contribution in [-0.2, 0) is 38.2 Å². The second kappa shape index (κ2) is 37.3. The number of carboxylic acid groups (broad SMARTS) is 2. The number of nitrogens with two attached hydrogens (primary N) is 1. The van der Waals surface area contributed by atoms with Gasteiger partial charge in [0, 0.05) is 79.9 Å². The van der Waals surface area contributed by atoms with E-state index in [0.717, 1.165) is 174 Å². The summed E-state index contributed by atoms with van der Waals surface area (Å²) in [4.78, 5) is 100. The van der Waals surface area contributed by atoms with E-state index < -0.39 is 48.2 Å². The van der Waals surface area contributed by atoms with E-state index in [4.69, 9.17) is 20.1 Å². The lowest BCUT2D eigenvalue weighted by molar-refractivity contribution is -0.169. The molecule has 4 N–H and O–H groups in total. The molecule has 5 aliphatic rings. The summed E-state index contributed by atoms with van der Waals surface area (Å²) in [6.45, 7) is 26.6. The Labute approximate surface area is 589 Å². The third-order valence-electron chi connectivity index (χ3n) is 17.4. The molecule has 0 aromatic carbocycles. The number of carbonyl (C=O) groups is 8. The quantitative estimate of drug-likeness (QED) is 0.0320. The Kier molecular flexibility index (Phi) is 31.3. The number of hydrogen-bond acceptors (Lipinski definition) is 16. The first-order chi connectivity index (χ1) is 45.8. The Balaban J connectivity index is 0.000000252. The number of carbonyl (C=O) groups excluding carboxylic acids is 6. The number of aromatic carboxylic acids is 2. The maximum Gasteiger partial charge on any atom is 0.451 e. The van der Waals surface area contributed by atoms with Crippen LogP contribution >= 0.6 is 34.0 Å². The number of methoxy groups -OCH3 is 1. The summed E-state index contributed by atoms with van der Waals surface area (Å²) in [5.41, 5.74) is -0.118. The summed E-state index contributed by atoms with van der Waals surface area (Å²) in [6.07, 6.45) is 9.63. The van der Waals surface area contributed by atoms with E-state index in [1.54, 1.807) is 17.1 Å². The first kappa shape index (κ1) is 82.2. The standard InChI is InChI=1S/C26H38N2O4S.C23H28F3NO4S.C19H26N2O3S.C6H10O2/c1-18-6-8-20(9-7-18)24(29)28(27(5)17-19-11-14-32-15-12-19)22-16-21(10-13-26(2,3)4)33-23(22)25(30)31;1-14-6-8-15(9-7-14)20(29)27(13-18(28)23(24,25)26)17-12-16(10-11-22(2,3)4)32-19(17)21(30)31-5;1-12-5-7-13(8-6-12)17(22)21(20)15-11-14(9-10-19(2,3)4)25-16(15)18(23)24;7-5-6-1-3-8-4-2-6/h16,18-20H,6-9,11-12,14-15,17H2,1-5H3,(H,30,31);12,14-15H,6-9,13H2,1-5H3;11-13H,5-8,20H2,1-4H3,(H,23,24);5-6H,1-4H2. The third kappa shape index (κ3) is 26.3. The van der Waals surface area contributed by atoms with Gasteiger partial charge in [-0.25, -0.2) is 35.3 Å². The number of aldehydes is 1. The zero-order valence-electron chi connectivity index (χ0n) is 59.6. The van der Waals surface area contributed by atoms with Crippen LogP contribution in [0.25, 0.3) is 0 Å². The molecular weight excluding hydrogens is 1320 g/mol. The van der Waals surface area contributed by atoms with Crippen LogP contribution in [-0.4, -0.2) is 123 Å². The molecule has 3 aromatic heterocycles. The molecule has 5 fully saturated rings. The van der Waals surface area contributed by atoms with E-state index in [1.165, 1.54) is 6.07 Å². The second-order valence-corrected chi connectivity index (χ2v) is 32.8. The Morgan fingerprint density at radius 1 is 0.561 bits per heavy atom. The van der Waals surface area contributed by atoms with Crippen LogP contribution in [0.5, 0.6) is 0 Å². The maximum atomic E-state index is 13.8. The van der Waals surface area contributed by atoms with Crippen molar-refractivity contribution in [2.75, 3.05) is 68.6 Å². The van der Waals surface area contributed by atoms with Gasteiger partial charge in [-0.2, -0.15) is 13.2 Å². The molecule has 3 amide bonds. The minimum absolute atomic E-state index is 0.00656. The van der Waals surface area contributed by atoms with Crippen molar-refractivity contribution >= 4 is 98.8 Å². The highest BCUT2D eigenvalue weighted by molar-refractivity contribution is 7.15. The SMILES string of the molecule is CC1CCC(C(=O)N(N)c2cc(C#CC(C)(C)C)sc2C(=O)O)CC1.CC1CCC(C(=O)N(c2cc(C#CC(C)(C)C)sc2C(=O)O)N(C)CC2CCOCC2)CC1.COC(=O)c1sc(C#CC(C)(C)C)cc1N(CC(=O)C(F)(F)F)C(=O)C1CCC(C)CC1.O=CC1CCOCC1. The van der Waals surface area contributed by atoms with Crippen molar-refractivity contribution in [2.45, 2.75) is 192 Å². The molecule has 3 saturated carbocycles. The first-order valence-corrected chi connectivity index (χ1v) is 36.5. The van der Waals surface area contributed by atoms with Crippen molar-refractivity contribution in [3.8, 4) is 35.5 Å². The zero-order valence-corrected chi connectivity index (χ0v) is 62.0. The van der Waals surface area contributed by atoms with Crippen LogP contribution < -0.4 is 20.8 Å². The van der Waals surface area contributed by atoms with E-state index in [1.807, 2.05) is 74.4 Å². The van der Waals surface area contributed by atoms with Crippen molar-refractivity contribution in [1.29, 1.82) is 0 Å². The maximum absolute atomic E-state index is 13.8. The van der Waals surface area contributed by atoms with Crippen LogP contribution in [0.1, 0.15) is 229 Å². The lowest BCUT2D eigenvalue weighted by Gasteiger charge is -2.38. The molecule has 2 aliphatic heterocycles. The Morgan fingerprint density at radius 3 is 1.31 bits per heavy atom. The van der Waals surface area contributed by atoms with Gasteiger partial charge in [-0.1, -0.05) is 56.3 Å². The number of nitrogens with zero attached hydrogens (tertiary/aromatic N) is 4. The fourth-order valence-corrected chi connectivity index (χ4v) is 14.2.